The zero-order valence-electron chi connectivity index (χ0n) is 10.0. The van der Waals surface area contributed by atoms with Crippen LogP contribution in [0.4, 0.5) is 5.69 Å². The summed E-state index contributed by atoms with van der Waals surface area (Å²) in [5, 5.41) is 3.29. The number of benzene rings is 1. The molecule has 0 radical (unpaired) electrons. The Morgan fingerprint density at radius 2 is 1.88 bits per heavy atom. The molecule has 1 heterocycles. The second-order valence-electron chi connectivity index (χ2n) is 3.88. The Hall–Kier alpha value is -1.51. The third-order valence-corrected chi connectivity index (χ3v) is 2.94. The molecular weight excluding hydrogens is 198 g/mol. The minimum atomic E-state index is 0.896. The van der Waals surface area contributed by atoms with Gasteiger partial charge in [0.15, 0.2) is 0 Å². The minimum absolute atomic E-state index is 0.896. The Labute approximate surface area is 97.2 Å². The summed E-state index contributed by atoms with van der Waals surface area (Å²) in [6, 6.07) is 8.63. The molecule has 0 saturated heterocycles. The first-order chi connectivity index (χ1) is 7.85. The van der Waals surface area contributed by atoms with Gasteiger partial charge in [0.05, 0.1) is 6.54 Å². The minimum Gasteiger partial charge on any atom is -0.372 e. The van der Waals surface area contributed by atoms with Gasteiger partial charge in [0.2, 0.25) is 0 Å². The molecule has 0 fully saturated rings. The fourth-order valence-electron chi connectivity index (χ4n) is 2.01. The molecular formula is C13H19N3. The van der Waals surface area contributed by atoms with Gasteiger partial charge in [-0.05, 0) is 38.1 Å². The highest BCUT2D eigenvalue weighted by atomic mass is 15.1. The molecule has 0 aromatic heterocycles. The Morgan fingerprint density at radius 3 is 2.38 bits per heavy atom. The van der Waals surface area contributed by atoms with Crippen molar-refractivity contribution in [3.8, 4) is 0 Å². The van der Waals surface area contributed by atoms with Gasteiger partial charge in [0, 0.05) is 30.9 Å². The number of hydrogen-bond donors (Lipinski definition) is 1. The first kappa shape index (κ1) is 11.0. The van der Waals surface area contributed by atoms with Crippen molar-refractivity contribution in [2.45, 2.75) is 13.8 Å². The predicted octanol–water partition coefficient (Wildman–Crippen LogP) is 1.88. The van der Waals surface area contributed by atoms with E-state index in [-0.39, 0.29) is 0 Å². The fourth-order valence-corrected chi connectivity index (χ4v) is 2.01. The van der Waals surface area contributed by atoms with E-state index in [4.69, 9.17) is 0 Å². The number of amidine groups is 1. The van der Waals surface area contributed by atoms with Crippen molar-refractivity contribution in [2.24, 2.45) is 4.99 Å². The van der Waals surface area contributed by atoms with E-state index in [9.17, 15) is 0 Å². The molecule has 3 heteroatoms. The van der Waals surface area contributed by atoms with Crippen LogP contribution in [0.3, 0.4) is 0 Å². The average Bonchev–Trinajstić information content (AvgIpc) is 2.85. The van der Waals surface area contributed by atoms with Crippen LogP contribution >= 0.6 is 0 Å². The van der Waals surface area contributed by atoms with E-state index in [1.165, 1.54) is 11.3 Å². The normalized spacial score (nSPS) is 14.5. The summed E-state index contributed by atoms with van der Waals surface area (Å²) in [6.07, 6.45) is 0. The smallest absolute Gasteiger partial charge is 0.128 e. The zero-order valence-corrected chi connectivity index (χ0v) is 10.0. The van der Waals surface area contributed by atoms with Crippen molar-refractivity contribution >= 4 is 11.5 Å². The van der Waals surface area contributed by atoms with Crippen molar-refractivity contribution in [2.75, 3.05) is 31.1 Å². The molecule has 1 aromatic rings. The van der Waals surface area contributed by atoms with Crippen LogP contribution in [-0.2, 0) is 0 Å². The first-order valence-electron chi connectivity index (χ1n) is 5.99. The molecule has 0 amide bonds. The number of anilines is 1. The number of nitrogens with zero attached hydrogens (tertiary/aromatic N) is 2. The summed E-state index contributed by atoms with van der Waals surface area (Å²) in [7, 11) is 0. The Balaban J connectivity index is 2.15. The Bertz CT molecular complexity index is 363. The van der Waals surface area contributed by atoms with Crippen LogP contribution in [0.1, 0.15) is 19.4 Å². The topological polar surface area (TPSA) is 27.6 Å². The van der Waals surface area contributed by atoms with E-state index >= 15 is 0 Å². The first-order valence-corrected chi connectivity index (χ1v) is 5.99. The molecule has 0 atom stereocenters. The molecule has 0 aliphatic carbocycles. The number of aliphatic imine (C=N–C) groups is 1. The van der Waals surface area contributed by atoms with Gasteiger partial charge in [-0.3, -0.25) is 4.99 Å². The molecule has 1 aromatic carbocycles. The summed E-state index contributed by atoms with van der Waals surface area (Å²) in [4.78, 5) is 6.75. The maximum absolute atomic E-state index is 4.41. The van der Waals surface area contributed by atoms with E-state index < -0.39 is 0 Å². The fraction of sp³-hybridized carbons (Fsp3) is 0.462. The summed E-state index contributed by atoms with van der Waals surface area (Å²) in [5.74, 6) is 1.03. The predicted molar refractivity (Wildman–Crippen MR) is 69.4 cm³/mol. The van der Waals surface area contributed by atoms with Gasteiger partial charge in [-0.25, -0.2) is 0 Å². The highest BCUT2D eigenvalue weighted by Gasteiger charge is 2.08. The average molecular weight is 217 g/mol. The van der Waals surface area contributed by atoms with Gasteiger partial charge in [0.1, 0.15) is 5.84 Å². The quantitative estimate of drug-likeness (QED) is 0.834. The molecule has 0 spiro atoms. The van der Waals surface area contributed by atoms with Crippen LogP contribution in [0.25, 0.3) is 0 Å². The molecule has 0 saturated carbocycles. The second kappa shape index (κ2) is 5.01. The third kappa shape index (κ3) is 2.18. The Kier molecular flexibility index (Phi) is 3.44. The van der Waals surface area contributed by atoms with Crippen molar-refractivity contribution in [3.63, 3.8) is 0 Å². The van der Waals surface area contributed by atoms with Gasteiger partial charge < -0.3 is 10.2 Å². The van der Waals surface area contributed by atoms with Crippen LogP contribution in [0.5, 0.6) is 0 Å². The van der Waals surface area contributed by atoms with Gasteiger partial charge in [-0.15, -0.1) is 0 Å². The van der Waals surface area contributed by atoms with Gasteiger partial charge in [-0.1, -0.05) is 0 Å². The molecule has 86 valence electrons. The number of hydrogen-bond acceptors (Lipinski definition) is 3. The SMILES string of the molecule is CCN(CC)c1ccc(C2=NCCN2)cc1. The maximum atomic E-state index is 4.41. The number of rotatable bonds is 4. The summed E-state index contributed by atoms with van der Waals surface area (Å²) >= 11 is 0. The summed E-state index contributed by atoms with van der Waals surface area (Å²) in [5.41, 5.74) is 2.47. The lowest BCUT2D eigenvalue weighted by atomic mass is 10.2. The van der Waals surface area contributed by atoms with E-state index in [1.807, 2.05) is 0 Å². The lowest BCUT2D eigenvalue weighted by molar-refractivity contribution is 0.866. The molecule has 16 heavy (non-hydrogen) atoms. The van der Waals surface area contributed by atoms with Crippen molar-refractivity contribution in [3.05, 3.63) is 29.8 Å². The molecule has 2 rings (SSSR count). The van der Waals surface area contributed by atoms with E-state index in [0.29, 0.717) is 0 Å². The third-order valence-electron chi connectivity index (χ3n) is 2.94. The summed E-state index contributed by atoms with van der Waals surface area (Å²) < 4.78 is 0. The molecule has 0 bridgehead atoms. The molecule has 1 N–H and O–H groups in total. The number of nitrogens with one attached hydrogen (secondary N) is 1. The van der Waals surface area contributed by atoms with Crippen molar-refractivity contribution < 1.29 is 0 Å². The molecule has 1 aliphatic heterocycles. The van der Waals surface area contributed by atoms with Gasteiger partial charge in [-0.2, -0.15) is 0 Å². The lowest BCUT2D eigenvalue weighted by Crippen LogP contribution is -2.22. The largest absolute Gasteiger partial charge is 0.372 e. The van der Waals surface area contributed by atoms with Gasteiger partial charge >= 0.3 is 0 Å². The monoisotopic (exact) mass is 217 g/mol. The van der Waals surface area contributed by atoms with E-state index in [2.05, 4.69) is 53.3 Å². The van der Waals surface area contributed by atoms with E-state index in [0.717, 1.165) is 32.0 Å². The van der Waals surface area contributed by atoms with Gasteiger partial charge in [0.25, 0.3) is 0 Å². The Morgan fingerprint density at radius 1 is 1.19 bits per heavy atom. The van der Waals surface area contributed by atoms with E-state index in [1.54, 1.807) is 0 Å². The zero-order chi connectivity index (χ0) is 11.4. The van der Waals surface area contributed by atoms with Crippen molar-refractivity contribution in [1.82, 2.24) is 5.32 Å². The van der Waals surface area contributed by atoms with Crippen LogP contribution in [-0.4, -0.2) is 32.0 Å². The van der Waals surface area contributed by atoms with Crippen LogP contribution in [0.2, 0.25) is 0 Å². The molecule has 3 nitrogen and oxygen atoms in total. The summed E-state index contributed by atoms with van der Waals surface area (Å²) in [6.45, 7) is 8.32. The van der Waals surface area contributed by atoms with Crippen molar-refractivity contribution in [1.29, 1.82) is 0 Å². The highest BCUT2D eigenvalue weighted by Crippen LogP contribution is 2.15. The van der Waals surface area contributed by atoms with Crippen LogP contribution < -0.4 is 10.2 Å². The molecule has 1 aliphatic rings. The van der Waals surface area contributed by atoms with Crippen LogP contribution in [0.15, 0.2) is 29.3 Å². The molecule has 0 unspecified atom stereocenters. The lowest BCUT2D eigenvalue weighted by Gasteiger charge is -2.21. The maximum Gasteiger partial charge on any atom is 0.128 e. The second-order valence-corrected chi connectivity index (χ2v) is 3.88. The standard InChI is InChI=1S/C13H19N3/c1-3-16(4-2)12-7-5-11(6-8-12)13-14-9-10-15-13/h5-8H,3-4,9-10H2,1-2H3,(H,14,15). The van der Waals surface area contributed by atoms with Crippen LogP contribution in [0, 0.1) is 0 Å². The highest BCUT2D eigenvalue weighted by molar-refractivity contribution is 5.99.